The average molecular weight is 459 g/mol. The summed E-state index contributed by atoms with van der Waals surface area (Å²) in [5.74, 6) is 0.111. The van der Waals surface area contributed by atoms with E-state index < -0.39 is 11.9 Å². The lowest BCUT2D eigenvalue weighted by molar-refractivity contribution is -0.123. The van der Waals surface area contributed by atoms with Gasteiger partial charge in [0.2, 0.25) is 5.91 Å². The number of benzene rings is 2. The monoisotopic (exact) mass is 458 g/mol. The minimum atomic E-state index is -0.740. The molecule has 0 bridgehead atoms. The number of H-pyrrole nitrogens is 1. The van der Waals surface area contributed by atoms with Crippen LogP contribution in [0.4, 0.5) is 5.95 Å². The summed E-state index contributed by atoms with van der Waals surface area (Å²) < 4.78 is 0. The summed E-state index contributed by atoms with van der Waals surface area (Å²) in [6.07, 6.45) is 4.43. The number of fused-ring (bicyclic) bond motifs is 1. The summed E-state index contributed by atoms with van der Waals surface area (Å²) in [5, 5.41) is 19.2. The van der Waals surface area contributed by atoms with E-state index in [1.165, 1.54) is 0 Å². The number of phenols is 1. The van der Waals surface area contributed by atoms with E-state index in [0.717, 1.165) is 10.9 Å². The van der Waals surface area contributed by atoms with Crippen LogP contribution >= 0.6 is 0 Å². The predicted molar refractivity (Wildman–Crippen MR) is 129 cm³/mol. The molecule has 0 saturated heterocycles. The normalized spacial score (nSPS) is 11.6. The minimum Gasteiger partial charge on any atom is -0.508 e. The first kappa shape index (κ1) is 22.8. The number of hydrogen-bond acceptors (Lipinski definition) is 6. The lowest BCUT2D eigenvalue weighted by Gasteiger charge is -2.19. The van der Waals surface area contributed by atoms with Crippen molar-refractivity contribution < 1.29 is 14.7 Å². The Morgan fingerprint density at radius 3 is 2.65 bits per heavy atom. The van der Waals surface area contributed by atoms with Crippen LogP contribution in [0.15, 0.2) is 73.1 Å². The van der Waals surface area contributed by atoms with Gasteiger partial charge in [0.05, 0.1) is 5.52 Å². The molecule has 1 atom stereocenters. The maximum absolute atomic E-state index is 13.0. The minimum absolute atomic E-state index is 0.159. The molecular weight excluding hydrogens is 432 g/mol. The van der Waals surface area contributed by atoms with E-state index in [0.29, 0.717) is 30.9 Å². The number of anilines is 1. The van der Waals surface area contributed by atoms with Crippen molar-refractivity contribution in [1.82, 2.24) is 25.6 Å². The Kier molecular flexibility index (Phi) is 7.34. The summed E-state index contributed by atoms with van der Waals surface area (Å²) in [5.41, 5.74) is 1.81. The van der Waals surface area contributed by atoms with Crippen molar-refractivity contribution in [2.24, 2.45) is 0 Å². The molecule has 4 aromatic rings. The molecule has 9 nitrogen and oxygen atoms in total. The number of pyridine rings is 1. The molecule has 0 saturated carbocycles. The van der Waals surface area contributed by atoms with Crippen molar-refractivity contribution in [3.05, 3.63) is 84.3 Å². The highest BCUT2D eigenvalue weighted by Gasteiger charge is 2.22. The number of aromatic hydroxyl groups is 1. The molecule has 5 N–H and O–H groups in total. The summed E-state index contributed by atoms with van der Waals surface area (Å²) in [4.78, 5) is 37.4. The highest BCUT2D eigenvalue weighted by molar-refractivity contribution is 5.97. The number of hydrogen-bond donors (Lipinski definition) is 5. The van der Waals surface area contributed by atoms with Crippen LogP contribution in [-0.4, -0.2) is 44.5 Å². The number of phenolic OH excluding ortho intramolecular Hbond substituents is 1. The molecule has 0 aliphatic heterocycles. The number of nitrogens with one attached hydrogen (secondary N) is 4. The quantitative estimate of drug-likeness (QED) is 0.232. The Morgan fingerprint density at radius 1 is 1.03 bits per heavy atom. The van der Waals surface area contributed by atoms with Crippen LogP contribution in [0.1, 0.15) is 28.9 Å². The van der Waals surface area contributed by atoms with Crippen LogP contribution in [0, 0.1) is 0 Å². The number of amides is 2. The third kappa shape index (κ3) is 6.10. The van der Waals surface area contributed by atoms with Gasteiger partial charge < -0.3 is 26.0 Å². The fourth-order valence-corrected chi connectivity index (χ4v) is 3.49. The molecule has 2 heterocycles. The molecule has 174 valence electrons. The topological polar surface area (TPSA) is 132 Å². The average Bonchev–Trinajstić information content (AvgIpc) is 3.38. The summed E-state index contributed by atoms with van der Waals surface area (Å²) in [6, 6.07) is 16.9. The standard InChI is InChI=1S/C25H26N6O3/c32-19-10-7-17(8-11-19)16-29-23(33)21(6-3-13-26-25-27-14-15-28-25)31-24(34)22-12-9-18-4-1-2-5-20(18)30-22/h1-2,4-5,7-12,14-15,21,32H,3,6,13,16H2,(H,29,33)(H,31,34)(H2,26,27,28). The van der Waals surface area contributed by atoms with Gasteiger partial charge in [-0.15, -0.1) is 0 Å². The van der Waals surface area contributed by atoms with E-state index in [1.54, 1.807) is 42.7 Å². The Bertz CT molecular complexity index is 1240. The predicted octanol–water partition coefficient (Wildman–Crippen LogP) is 2.97. The molecule has 0 radical (unpaired) electrons. The van der Waals surface area contributed by atoms with Gasteiger partial charge >= 0.3 is 0 Å². The van der Waals surface area contributed by atoms with Crippen LogP contribution in [0.2, 0.25) is 0 Å². The first-order chi connectivity index (χ1) is 16.6. The van der Waals surface area contributed by atoms with E-state index in [2.05, 4.69) is 30.9 Å². The second-order valence-electron chi connectivity index (χ2n) is 7.81. The van der Waals surface area contributed by atoms with Crippen molar-refractivity contribution in [2.75, 3.05) is 11.9 Å². The smallest absolute Gasteiger partial charge is 0.270 e. The van der Waals surface area contributed by atoms with Crippen LogP contribution in [0.25, 0.3) is 10.9 Å². The van der Waals surface area contributed by atoms with E-state index in [4.69, 9.17) is 0 Å². The van der Waals surface area contributed by atoms with Crippen molar-refractivity contribution in [3.63, 3.8) is 0 Å². The van der Waals surface area contributed by atoms with Crippen LogP contribution in [-0.2, 0) is 11.3 Å². The number of rotatable bonds is 10. The Morgan fingerprint density at radius 2 is 1.85 bits per heavy atom. The number of aromatic nitrogens is 3. The first-order valence-electron chi connectivity index (χ1n) is 11.0. The number of aromatic amines is 1. The van der Waals surface area contributed by atoms with E-state index in [1.807, 2.05) is 30.3 Å². The molecular formula is C25H26N6O3. The molecule has 2 aromatic carbocycles. The summed E-state index contributed by atoms with van der Waals surface area (Å²) in [7, 11) is 0. The second kappa shape index (κ2) is 11.0. The van der Waals surface area contributed by atoms with Crippen LogP contribution < -0.4 is 16.0 Å². The van der Waals surface area contributed by atoms with Gasteiger partial charge in [-0.05, 0) is 42.7 Å². The molecule has 9 heteroatoms. The zero-order valence-corrected chi connectivity index (χ0v) is 18.5. The zero-order chi connectivity index (χ0) is 23.8. The van der Waals surface area contributed by atoms with Crippen molar-refractivity contribution in [3.8, 4) is 5.75 Å². The van der Waals surface area contributed by atoms with Gasteiger partial charge in [-0.1, -0.05) is 36.4 Å². The van der Waals surface area contributed by atoms with Gasteiger partial charge in [-0.2, -0.15) is 0 Å². The third-order valence-corrected chi connectivity index (χ3v) is 5.32. The number of nitrogens with zero attached hydrogens (tertiary/aromatic N) is 2. The fraction of sp³-hybridized carbons (Fsp3) is 0.200. The molecule has 34 heavy (non-hydrogen) atoms. The van der Waals surface area contributed by atoms with Crippen molar-refractivity contribution in [1.29, 1.82) is 0 Å². The molecule has 0 aliphatic rings. The number of carbonyl (C=O) groups excluding carboxylic acids is 2. The lowest BCUT2D eigenvalue weighted by Crippen LogP contribution is -2.46. The Hall–Kier alpha value is -4.40. The van der Waals surface area contributed by atoms with Gasteiger partial charge in [0.15, 0.2) is 5.95 Å². The molecule has 0 aliphatic carbocycles. The van der Waals surface area contributed by atoms with Crippen LogP contribution in [0.3, 0.4) is 0 Å². The Labute approximate surface area is 196 Å². The first-order valence-corrected chi connectivity index (χ1v) is 11.0. The van der Waals surface area contributed by atoms with Crippen molar-refractivity contribution >= 4 is 28.7 Å². The molecule has 0 spiro atoms. The summed E-state index contributed by atoms with van der Waals surface area (Å²) in [6.45, 7) is 0.865. The highest BCUT2D eigenvalue weighted by Crippen LogP contribution is 2.13. The largest absolute Gasteiger partial charge is 0.508 e. The SMILES string of the molecule is O=C(NC(CCCNc1ncc[nH]1)C(=O)NCc1ccc(O)cc1)c1ccc2ccccc2n1. The van der Waals surface area contributed by atoms with E-state index in [-0.39, 0.29) is 23.9 Å². The Balaban J connectivity index is 1.40. The number of imidazole rings is 1. The fourth-order valence-electron chi connectivity index (χ4n) is 3.49. The number of carbonyl (C=O) groups is 2. The third-order valence-electron chi connectivity index (χ3n) is 5.32. The van der Waals surface area contributed by atoms with Crippen LogP contribution in [0.5, 0.6) is 5.75 Å². The molecule has 2 amide bonds. The second-order valence-corrected chi connectivity index (χ2v) is 7.81. The van der Waals surface area contributed by atoms with Gasteiger partial charge in [-0.25, -0.2) is 9.97 Å². The lowest BCUT2D eigenvalue weighted by atomic mass is 10.1. The van der Waals surface area contributed by atoms with Gasteiger partial charge in [0.1, 0.15) is 17.5 Å². The maximum atomic E-state index is 13.0. The molecule has 0 fully saturated rings. The molecule has 2 aromatic heterocycles. The zero-order valence-electron chi connectivity index (χ0n) is 18.5. The molecule has 4 rings (SSSR count). The van der Waals surface area contributed by atoms with E-state index in [9.17, 15) is 14.7 Å². The van der Waals surface area contributed by atoms with Gasteiger partial charge in [-0.3, -0.25) is 9.59 Å². The van der Waals surface area contributed by atoms with E-state index >= 15 is 0 Å². The van der Waals surface area contributed by atoms with Gasteiger partial charge in [0.25, 0.3) is 5.91 Å². The number of para-hydroxylation sites is 1. The highest BCUT2D eigenvalue weighted by atomic mass is 16.3. The van der Waals surface area contributed by atoms with Crippen molar-refractivity contribution in [2.45, 2.75) is 25.4 Å². The maximum Gasteiger partial charge on any atom is 0.270 e. The van der Waals surface area contributed by atoms with Gasteiger partial charge in [0, 0.05) is 30.9 Å². The molecule has 1 unspecified atom stereocenters. The summed E-state index contributed by atoms with van der Waals surface area (Å²) >= 11 is 0.